The van der Waals surface area contributed by atoms with Crippen molar-refractivity contribution in [3.05, 3.63) is 59.2 Å². The Balaban J connectivity index is 2.26. The summed E-state index contributed by atoms with van der Waals surface area (Å²) in [4.78, 5) is 0. The van der Waals surface area contributed by atoms with Crippen LogP contribution in [0.4, 0.5) is 0 Å². The molecular weight excluding hydrogens is 182 g/mol. The first-order valence-electron chi connectivity index (χ1n) is 5.24. The van der Waals surface area contributed by atoms with Crippen LogP contribution in [0.2, 0.25) is 0 Å². The zero-order valence-corrected chi connectivity index (χ0v) is 8.46. The molecule has 1 heteroatoms. The minimum absolute atomic E-state index is 0.386. The minimum atomic E-state index is 0.386. The largest absolute Gasteiger partial charge is 0.253 e. The van der Waals surface area contributed by atoms with Crippen molar-refractivity contribution < 1.29 is 0 Å². The van der Waals surface area contributed by atoms with Crippen LogP contribution in [0, 0.1) is 0 Å². The Morgan fingerprint density at radius 1 is 0.933 bits per heavy atom. The average Bonchev–Trinajstić information content (AvgIpc) is 2.67. The number of hydrogen-bond acceptors (Lipinski definition) is 0. The van der Waals surface area contributed by atoms with Crippen LogP contribution >= 0.6 is 0 Å². The summed E-state index contributed by atoms with van der Waals surface area (Å²) in [5, 5.41) is 0. The highest BCUT2D eigenvalue weighted by atomic mass is 14.5. The molecule has 0 fully saturated rings. The SMILES string of the molecule is [NH]Cc1cccc2c1Cc1ccccc1-2. The van der Waals surface area contributed by atoms with Gasteiger partial charge in [-0.05, 0) is 34.2 Å². The van der Waals surface area contributed by atoms with Gasteiger partial charge in [0.1, 0.15) is 0 Å². The summed E-state index contributed by atoms with van der Waals surface area (Å²) < 4.78 is 0. The molecule has 0 saturated carbocycles. The van der Waals surface area contributed by atoms with Crippen molar-refractivity contribution in [3.8, 4) is 11.1 Å². The molecule has 2 aromatic carbocycles. The second-order valence-corrected chi connectivity index (χ2v) is 3.95. The fraction of sp³-hybridized carbons (Fsp3) is 0.143. The van der Waals surface area contributed by atoms with Gasteiger partial charge in [-0.15, -0.1) is 0 Å². The summed E-state index contributed by atoms with van der Waals surface area (Å²) in [5.74, 6) is 0. The molecule has 1 radical (unpaired) electrons. The summed E-state index contributed by atoms with van der Waals surface area (Å²) in [6.45, 7) is 0.386. The van der Waals surface area contributed by atoms with E-state index in [1.807, 2.05) is 0 Å². The van der Waals surface area contributed by atoms with E-state index in [4.69, 9.17) is 5.73 Å². The third-order valence-corrected chi connectivity index (χ3v) is 3.14. The van der Waals surface area contributed by atoms with Crippen LogP contribution in [0.15, 0.2) is 42.5 Å². The molecule has 73 valence electrons. The van der Waals surface area contributed by atoms with Crippen LogP contribution < -0.4 is 5.73 Å². The number of benzene rings is 2. The standard InChI is InChI=1S/C14H12N/c15-9-11-5-3-7-13-12-6-2-1-4-10(12)8-14(11)13/h1-7,15H,8-9H2. The molecule has 3 rings (SSSR count). The molecule has 0 aromatic heterocycles. The highest BCUT2D eigenvalue weighted by molar-refractivity contribution is 5.77. The van der Waals surface area contributed by atoms with Gasteiger partial charge in [0.2, 0.25) is 0 Å². The van der Waals surface area contributed by atoms with Crippen LogP contribution in [0.3, 0.4) is 0 Å². The predicted molar refractivity (Wildman–Crippen MR) is 61.5 cm³/mol. The van der Waals surface area contributed by atoms with Gasteiger partial charge in [-0.2, -0.15) is 0 Å². The van der Waals surface area contributed by atoms with E-state index in [2.05, 4.69) is 42.5 Å². The Labute approximate surface area is 89.6 Å². The molecule has 1 aliphatic carbocycles. The first kappa shape index (κ1) is 8.69. The molecule has 1 aliphatic rings. The highest BCUT2D eigenvalue weighted by Crippen LogP contribution is 2.37. The number of fused-ring (bicyclic) bond motifs is 3. The maximum atomic E-state index is 7.52. The van der Waals surface area contributed by atoms with Crippen molar-refractivity contribution >= 4 is 0 Å². The van der Waals surface area contributed by atoms with Gasteiger partial charge >= 0.3 is 0 Å². The lowest BCUT2D eigenvalue weighted by atomic mass is 10.0. The number of hydrogen-bond donors (Lipinski definition) is 0. The fourth-order valence-corrected chi connectivity index (χ4v) is 2.39. The third kappa shape index (κ3) is 1.20. The van der Waals surface area contributed by atoms with Crippen LogP contribution in [0.5, 0.6) is 0 Å². The first-order chi connectivity index (χ1) is 7.40. The lowest BCUT2D eigenvalue weighted by Crippen LogP contribution is -1.92. The smallest absolute Gasteiger partial charge is 0.0354 e. The van der Waals surface area contributed by atoms with Crippen molar-refractivity contribution in [2.75, 3.05) is 0 Å². The Hall–Kier alpha value is -1.60. The lowest BCUT2D eigenvalue weighted by Gasteiger charge is -2.04. The van der Waals surface area contributed by atoms with E-state index >= 15 is 0 Å². The van der Waals surface area contributed by atoms with Gasteiger partial charge in [-0.3, -0.25) is 5.73 Å². The van der Waals surface area contributed by atoms with E-state index in [0.717, 1.165) is 6.42 Å². The van der Waals surface area contributed by atoms with E-state index in [0.29, 0.717) is 6.54 Å². The van der Waals surface area contributed by atoms with Crippen LogP contribution in [0.1, 0.15) is 16.7 Å². The maximum Gasteiger partial charge on any atom is 0.0354 e. The lowest BCUT2D eigenvalue weighted by molar-refractivity contribution is 0.999. The molecule has 15 heavy (non-hydrogen) atoms. The van der Waals surface area contributed by atoms with Gasteiger partial charge in [-0.1, -0.05) is 42.5 Å². The van der Waals surface area contributed by atoms with Crippen molar-refractivity contribution in [1.29, 1.82) is 0 Å². The monoisotopic (exact) mass is 194 g/mol. The van der Waals surface area contributed by atoms with Gasteiger partial charge in [0.05, 0.1) is 0 Å². The van der Waals surface area contributed by atoms with Crippen LogP contribution in [-0.2, 0) is 13.0 Å². The molecule has 0 amide bonds. The van der Waals surface area contributed by atoms with E-state index < -0.39 is 0 Å². The van der Waals surface area contributed by atoms with E-state index in [1.54, 1.807) is 0 Å². The normalized spacial score (nSPS) is 12.3. The third-order valence-electron chi connectivity index (χ3n) is 3.14. The molecule has 0 atom stereocenters. The maximum absolute atomic E-state index is 7.52. The Kier molecular flexibility index (Phi) is 1.86. The van der Waals surface area contributed by atoms with Crippen molar-refractivity contribution in [2.24, 2.45) is 0 Å². The second kappa shape index (κ2) is 3.21. The van der Waals surface area contributed by atoms with Crippen molar-refractivity contribution in [1.82, 2.24) is 5.73 Å². The quantitative estimate of drug-likeness (QED) is 0.568. The molecule has 0 spiro atoms. The van der Waals surface area contributed by atoms with Crippen molar-refractivity contribution in [2.45, 2.75) is 13.0 Å². The Bertz CT molecular complexity index is 514. The average molecular weight is 194 g/mol. The molecule has 0 bridgehead atoms. The Morgan fingerprint density at radius 3 is 2.60 bits per heavy atom. The minimum Gasteiger partial charge on any atom is -0.253 e. The van der Waals surface area contributed by atoms with Gasteiger partial charge in [-0.25, -0.2) is 0 Å². The second-order valence-electron chi connectivity index (χ2n) is 3.95. The first-order valence-corrected chi connectivity index (χ1v) is 5.24. The molecule has 1 nitrogen and oxygen atoms in total. The molecular formula is C14H12N. The predicted octanol–water partition coefficient (Wildman–Crippen LogP) is 3.04. The highest BCUT2D eigenvalue weighted by Gasteiger charge is 2.19. The number of rotatable bonds is 1. The fourth-order valence-electron chi connectivity index (χ4n) is 2.39. The molecule has 0 unspecified atom stereocenters. The summed E-state index contributed by atoms with van der Waals surface area (Å²) in [7, 11) is 0. The van der Waals surface area contributed by atoms with Gasteiger partial charge < -0.3 is 0 Å². The summed E-state index contributed by atoms with van der Waals surface area (Å²) in [5.41, 5.74) is 14.1. The summed E-state index contributed by atoms with van der Waals surface area (Å²) in [6.07, 6.45) is 1.00. The van der Waals surface area contributed by atoms with Gasteiger partial charge in [0.15, 0.2) is 0 Å². The topological polar surface area (TPSA) is 23.8 Å². The summed E-state index contributed by atoms with van der Waals surface area (Å²) >= 11 is 0. The zero-order valence-electron chi connectivity index (χ0n) is 8.46. The van der Waals surface area contributed by atoms with E-state index in [1.165, 1.54) is 27.8 Å². The molecule has 0 aliphatic heterocycles. The Morgan fingerprint density at radius 2 is 1.73 bits per heavy atom. The molecule has 0 heterocycles. The van der Waals surface area contributed by atoms with Gasteiger partial charge in [0.25, 0.3) is 0 Å². The van der Waals surface area contributed by atoms with Crippen LogP contribution in [-0.4, -0.2) is 0 Å². The molecule has 1 N–H and O–H groups in total. The molecule has 2 aromatic rings. The van der Waals surface area contributed by atoms with Gasteiger partial charge in [0, 0.05) is 6.54 Å². The van der Waals surface area contributed by atoms with Crippen molar-refractivity contribution in [3.63, 3.8) is 0 Å². The van der Waals surface area contributed by atoms with E-state index in [-0.39, 0.29) is 0 Å². The number of nitrogens with one attached hydrogen (secondary N) is 1. The summed E-state index contributed by atoms with van der Waals surface area (Å²) in [6, 6.07) is 14.8. The van der Waals surface area contributed by atoms with Crippen LogP contribution in [0.25, 0.3) is 11.1 Å². The zero-order chi connectivity index (χ0) is 10.3. The van der Waals surface area contributed by atoms with E-state index in [9.17, 15) is 0 Å². The molecule has 0 saturated heterocycles.